The fourth-order valence-electron chi connectivity index (χ4n) is 2.22. The van der Waals surface area contributed by atoms with Gasteiger partial charge < -0.3 is 5.32 Å². The number of aryl methyl sites for hydroxylation is 1. The number of hydrogen-bond donors (Lipinski definition) is 1. The average Bonchev–Trinajstić information content (AvgIpc) is 3.09. The largest absolute Gasteiger partial charge is 0.301 e. The molecule has 1 aliphatic carbocycles. The van der Waals surface area contributed by atoms with Crippen molar-refractivity contribution in [3.8, 4) is 0 Å². The third-order valence-electron chi connectivity index (χ3n) is 3.41. The van der Waals surface area contributed by atoms with E-state index >= 15 is 0 Å². The summed E-state index contributed by atoms with van der Waals surface area (Å²) in [5.41, 5.74) is 1.38. The van der Waals surface area contributed by atoms with E-state index in [1.807, 2.05) is 36.6 Å². The molecule has 19 heavy (non-hydrogen) atoms. The van der Waals surface area contributed by atoms with E-state index in [0.29, 0.717) is 10.2 Å². The lowest BCUT2D eigenvalue weighted by atomic mass is 9.95. The van der Waals surface area contributed by atoms with Crippen molar-refractivity contribution < 1.29 is 4.79 Å². The van der Waals surface area contributed by atoms with Crippen LogP contribution in [0.1, 0.15) is 24.1 Å². The number of rotatable bonds is 3. The van der Waals surface area contributed by atoms with Crippen molar-refractivity contribution in [1.82, 2.24) is 4.98 Å². The van der Waals surface area contributed by atoms with Crippen LogP contribution < -0.4 is 5.32 Å². The van der Waals surface area contributed by atoms with Crippen molar-refractivity contribution >= 4 is 34.0 Å². The Hall–Kier alpha value is -1.39. The number of thiazole rings is 1. The van der Waals surface area contributed by atoms with Gasteiger partial charge in [-0.3, -0.25) is 4.79 Å². The summed E-state index contributed by atoms with van der Waals surface area (Å²) >= 11 is 7.65. The Kier molecular flexibility index (Phi) is 3.07. The van der Waals surface area contributed by atoms with Crippen LogP contribution in [0.2, 0.25) is 5.02 Å². The van der Waals surface area contributed by atoms with E-state index in [-0.39, 0.29) is 5.91 Å². The van der Waals surface area contributed by atoms with Gasteiger partial charge in [0.05, 0.1) is 11.1 Å². The van der Waals surface area contributed by atoms with Gasteiger partial charge in [-0.15, -0.1) is 11.3 Å². The molecule has 3 rings (SSSR count). The lowest BCUT2D eigenvalue weighted by Gasteiger charge is -2.15. The molecule has 3 nitrogen and oxygen atoms in total. The second-order valence-corrected chi connectivity index (χ2v) is 6.08. The summed E-state index contributed by atoms with van der Waals surface area (Å²) in [5, 5.41) is 6.13. The quantitative estimate of drug-likeness (QED) is 0.935. The van der Waals surface area contributed by atoms with Crippen molar-refractivity contribution in [3.05, 3.63) is 45.9 Å². The maximum atomic E-state index is 12.5. The van der Waals surface area contributed by atoms with Gasteiger partial charge in [-0.25, -0.2) is 4.98 Å². The molecule has 0 spiro atoms. The first-order chi connectivity index (χ1) is 9.12. The summed E-state index contributed by atoms with van der Waals surface area (Å²) in [4.78, 5) is 16.7. The highest BCUT2D eigenvalue weighted by molar-refractivity contribution is 7.13. The van der Waals surface area contributed by atoms with Crippen LogP contribution in [-0.2, 0) is 10.2 Å². The number of carbonyl (C=O) groups is 1. The summed E-state index contributed by atoms with van der Waals surface area (Å²) < 4.78 is 0. The predicted molar refractivity (Wildman–Crippen MR) is 77.8 cm³/mol. The Labute approximate surface area is 120 Å². The minimum absolute atomic E-state index is 0.00468. The molecule has 1 heterocycles. The minimum atomic E-state index is -0.460. The third kappa shape index (κ3) is 2.26. The number of nitrogens with one attached hydrogen (secondary N) is 1. The number of benzene rings is 1. The molecule has 0 unspecified atom stereocenters. The summed E-state index contributed by atoms with van der Waals surface area (Å²) in [5.74, 6) is -0.00468. The van der Waals surface area contributed by atoms with E-state index in [1.165, 1.54) is 11.3 Å². The fourth-order valence-corrected chi connectivity index (χ4v) is 3.22. The van der Waals surface area contributed by atoms with Gasteiger partial charge >= 0.3 is 0 Å². The number of amides is 1. The zero-order valence-electron chi connectivity index (χ0n) is 10.4. The standard InChI is InChI=1S/C14H13ClN2OS/c1-9-8-19-13(16-9)17-12(18)14(6-7-14)10-4-2-3-5-11(10)15/h2-5,8H,6-7H2,1H3,(H,16,17,18). The molecule has 0 atom stereocenters. The monoisotopic (exact) mass is 292 g/mol. The molecule has 1 aromatic heterocycles. The van der Waals surface area contributed by atoms with Gasteiger partial charge in [-0.05, 0) is 31.4 Å². The lowest BCUT2D eigenvalue weighted by Crippen LogP contribution is -2.28. The summed E-state index contributed by atoms with van der Waals surface area (Å²) in [6, 6.07) is 7.56. The van der Waals surface area contributed by atoms with Crippen LogP contribution in [0.3, 0.4) is 0 Å². The van der Waals surface area contributed by atoms with E-state index in [2.05, 4.69) is 10.3 Å². The van der Waals surface area contributed by atoms with Crippen LogP contribution in [0.25, 0.3) is 0 Å². The number of hydrogen-bond acceptors (Lipinski definition) is 3. The summed E-state index contributed by atoms with van der Waals surface area (Å²) in [6.07, 6.45) is 1.68. The third-order valence-corrected chi connectivity index (χ3v) is 4.62. The molecule has 1 saturated carbocycles. The Morgan fingerprint density at radius 1 is 1.42 bits per heavy atom. The van der Waals surface area contributed by atoms with Crippen molar-refractivity contribution in [1.29, 1.82) is 0 Å². The van der Waals surface area contributed by atoms with Gasteiger partial charge in [0, 0.05) is 10.4 Å². The second kappa shape index (κ2) is 4.62. The molecule has 1 aliphatic rings. The molecular formula is C14H13ClN2OS. The number of nitrogens with zero attached hydrogens (tertiary/aromatic N) is 1. The molecule has 5 heteroatoms. The van der Waals surface area contributed by atoms with Crippen LogP contribution in [0, 0.1) is 6.92 Å². The SMILES string of the molecule is Cc1csc(NC(=O)C2(c3ccccc3Cl)CC2)n1. The van der Waals surface area contributed by atoms with E-state index in [9.17, 15) is 4.79 Å². The van der Waals surface area contributed by atoms with Crippen molar-refractivity contribution in [2.45, 2.75) is 25.2 Å². The van der Waals surface area contributed by atoms with Crippen LogP contribution >= 0.6 is 22.9 Å². The van der Waals surface area contributed by atoms with Gasteiger partial charge in [0.15, 0.2) is 5.13 Å². The summed E-state index contributed by atoms with van der Waals surface area (Å²) in [7, 11) is 0. The fraction of sp³-hybridized carbons (Fsp3) is 0.286. The highest BCUT2D eigenvalue weighted by Crippen LogP contribution is 2.51. The number of anilines is 1. The Balaban J connectivity index is 1.85. The zero-order valence-corrected chi connectivity index (χ0v) is 12.0. The van der Waals surface area contributed by atoms with Crippen LogP contribution in [0.5, 0.6) is 0 Å². The minimum Gasteiger partial charge on any atom is -0.301 e. The molecule has 1 aromatic carbocycles. The topological polar surface area (TPSA) is 42.0 Å². The molecule has 1 fully saturated rings. The Morgan fingerprint density at radius 2 is 2.16 bits per heavy atom. The second-order valence-electron chi connectivity index (χ2n) is 4.81. The number of halogens is 1. The maximum Gasteiger partial charge on any atom is 0.236 e. The van der Waals surface area contributed by atoms with Gasteiger partial charge in [0.25, 0.3) is 0 Å². The molecule has 0 radical (unpaired) electrons. The predicted octanol–water partition coefficient (Wildman–Crippen LogP) is 3.78. The summed E-state index contributed by atoms with van der Waals surface area (Å²) in [6.45, 7) is 1.91. The van der Waals surface area contributed by atoms with Gasteiger partial charge in [-0.1, -0.05) is 29.8 Å². The lowest BCUT2D eigenvalue weighted by molar-refractivity contribution is -0.118. The van der Waals surface area contributed by atoms with Crippen LogP contribution in [0.4, 0.5) is 5.13 Å². The molecule has 2 aromatic rings. The molecule has 98 valence electrons. The highest BCUT2D eigenvalue weighted by Gasteiger charge is 2.52. The van der Waals surface area contributed by atoms with Gasteiger partial charge in [0.1, 0.15) is 0 Å². The molecule has 0 saturated heterocycles. The van der Waals surface area contributed by atoms with Crippen molar-refractivity contribution in [2.24, 2.45) is 0 Å². The highest BCUT2D eigenvalue weighted by atomic mass is 35.5. The van der Waals surface area contributed by atoms with E-state index in [4.69, 9.17) is 11.6 Å². The maximum absolute atomic E-state index is 12.5. The van der Waals surface area contributed by atoms with Crippen molar-refractivity contribution in [2.75, 3.05) is 5.32 Å². The molecule has 0 bridgehead atoms. The first-order valence-corrected chi connectivity index (χ1v) is 7.36. The zero-order chi connectivity index (χ0) is 13.5. The van der Waals surface area contributed by atoms with E-state index < -0.39 is 5.41 Å². The first-order valence-electron chi connectivity index (χ1n) is 6.10. The smallest absolute Gasteiger partial charge is 0.236 e. The molecule has 1 amide bonds. The molecule has 0 aliphatic heterocycles. The Morgan fingerprint density at radius 3 is 2.74 bits per heavy atom. The van der Waals surface area contributed by atoms with E-state index in [1.54, 1.807) is 0 Å². The van der Waals surface area contributed by atoms with E-state index in [0.717, 1.165) is 24.1 Å². The number of carbonyl (C=O) groups excluding carboxylic acids is 1. The molecule has 1 N–H and O–H groups in total. The Bertz CT molecular complexity index is 634. The van der Waals surface area contributed by atoms with Crippen molar-refractivity contribution in [3.63, 3.8) is 0 Å². The first kappa shape index (κ1) is 12.6. The normalized spacial score (nSPS) is 16.1. The van der Waals surface area contributed by atoms with Crippen LogP contribution in [0.15, 0.2) is 29.6 Å². The molecular weight excluding hydrogens is 280 g/mol. The number of aromatic nitrogens is 1. The van der Waals surface area contributed by atoms with Gasteiger partial charge in [0.2, 0.25) is 5.91 Å². The van der Waals surface area contributed by atoms with Gasteiger partial charge in [-0.2, -0.15) is 0 Å². The van der Waals surface area contributed by atoms with Crippen LogP contribution in [-0.4, -0.2) is 10.9 Å². The average molecular weight is 293 g/mol.